The van der Waals surface area contributed by atoms with Gasteiger partial charge in [-0.05, 0) is 0 Å². The molecule has 8 rings (SSSR count). The van der Waals surface area contributed by atoms with Crippen molar-refractivity contribution >= 4 is 53.4 Å². The molecule has 8 saturated heterocycles. The Kier molecular flexibility index (Phi) is 38.5. The van der Waals surface area contributed by atoms with Crippen LogP contribution in [0.4, 0.5) is 0 Å². The first-order valence-electron chi connectivity index (χ1n) is 40.0. The Bertz CT molecular complexity index is 3760. The minimum atomic E-state index is -4.01. The molecule has 8 aliphatic heterocycles. The smallest absolute Gasteiger partial charge is 0.364 e. The van der Waals surface area contributed by atoms with Gasteiger partial charge in [0, 0.05) is 46.5 Å². The van der Waals surface area contributed by atoms with Gasteiger partial charge in [0.2, 0.25) is 29.5 Å². The first-order valence-corrected chi connectivity index (χ1v) is 40.0. The van der Waals surface area contributed by atoms with E-state index in [9.17, 15) is 201 Å². The Balaban J connectivity index is 1.31. The Morgan fingerprint density at radius 2 is 0.685 bits per heavy atom. The van der Waals surface area contributed by atoms with Crippen LogP contribution < -0.4 is 26.6 Å². The summed E-state index contributed by atoms with van der Waals surface area (Å²) in [5.74, 6) is -30.4. The number of nitrogens with one attached hydrogen (secondary N) is 5. The highest BCUT2D eigenvalue weighted by Crippen LogP contribution is 2.45. The molecular weight excluding hydrogens is 1790 g/mol. The molecule has 8 aliphatic rings. The predicted octanol–water partition coefficient (Wildman–Crippen LogP) is -23.0. The molecule has 130 heavy (non-hydrogen) atoms. The third-order valence-corrected chi connectivity index (χ3v) is 22.8. The molecule has 0 aromatic heterocycles. The molecule has 8 heterocycles. The number of aliphatic hydroxyl groups is 27. The molecule has 8 fully saturated rings. The Labute approximate surface area is 730 Å². The highest BCUT2D eigenvalue weighted by atomic mass is 16.8. The maximum absolute atomic E-state index is 14.5. The molecule has 0 spiro atoms. The van der Waals surface area contributed by atoms with Crippen molar-refractivity contribution in [3.8, 4) is 0 Å². The second kappa shape index (κ2) is 45.9. The van der Waals surface area contributed by atoms with Crippen LogP contribution >= 0.6 is 0 Å². The van der Waals surface area contributed by atoms with Gasteiger partial charge in [0.25, 0.3) is 23.1 Å². The first kappa shape index (κ1) is 109. The SMILES string of the molecule is CC(=O)N[C@H]1[C@H](O[C@@H]2[C@H](O[C@]3(C(=O)O)C[C@H](O)[C@@H](NC(=O)CO)[C@H]([C@H](O)[C@@H](CO)O[C@]4(C(=O)O)C[C@H](O)[C@@H](NC(=O)CO)[C@H]([C@H](O)[C@H](O)CO)O4)O3)[C@@H](O)[C@H](O[C@H]3[C@H](O)[C@@H](O)[C@H](O)O[C@@H]3CO)O[C@@H]2CO)O[C@H](CO[C@]2(C(=O)O)C[C@H](O)[C@@H](NC(C)=O)[C@H]([C@H](O)[C@H](O)CO)O2)[C@H](O)[C@@H]1O[C@@H]1O[C@H](CO)[C@H](O)[C@H](O[C@]2(C(=O)O)C[C@H](O)[C@@H](NC(C)=O)[C@H]([C@H](O)[C@H](O)CO)O2)[C@H]1O. The fraction of sp³-hybridized carbons (Fsp3) is 0.871. The summed E-state index contributed by atoms with van der Waals surface area (Å²) < 4.78 is 88.2. The standard InChI is InChI=1S/C70H113N5O55/c1-18(85)71-35-21(88)4-67(63(108)109,125-53(35)40(97)25(92)8-76)116-17-32-45(102)52(123-61-48(105)57(43(100)28(11-79)118-61)129-69(65(112)113)6-22(89)36(72-19(2)86)54(127-69)41(98)26(93)9-77)39(73-20(3)87)60(120-32)122-51-31(14-82)119-62(121-50-30(13-81)117-59(107)47(104)46(50)103)49(106)58(51)130-70(66(114)115)7-24(91)38(75-34(96)16-84)56(128-70)44(101)29(12-80)124-68(64(110)111)5-23(90)37(74-33(95)15-83)55(126-68)42(99)27(94)10-78/h21-32,35-62,76-84,88-94,97-107H,4-17H2,1-3H3,(H,71,85)(H,72,86)(H,73,87)(H,74,95)(H,75,96)(H,108,109)(H,110,111)(H,112,113)(H,114,115)/t21-,22-,23-,24-,25+,26+,27+,28+,29+,30+,31+,32+,35+,36+,37+,38+,39+,40+,41+,42+,43-,44+,45-,46+,47+,48+,49+,50+,51-,52+,53+,54+,55+,56+,57-,58+,59+,60-,61-,62-,67+,68+,69-,70-/m0/s1. The van der Waals surface area contributed by atoms with E-state index in [1.165, 1.54) is 0 Å². The summed E-state index contributed by atoms with van der Waals surface area (Å²) >= 11 is 0. The third-order valence-electron chi connectivity index (χ3n) is 22.8. The van der Waals surface area contributed by atoms with Gasteiger partial charge in [-0.15, -0.1) is 0 Å². The maximum Gasteiger partial charge on any atom is 0.364 e. The van der Waals surface area contributed by atoms with Gasteiger partial charge in [0.15, 0.2) is 25.2 Å². The molecule has 0 saturated carbocycles. The van der Waals surface area contributed by atoms with Gasteiger partial charge in [-0.3, -0.25) is 24.0 Å². The van der Waals surface area contributed by atoms with E-state index in [-0.39, 0.29) is 0 Å². The van der Waals surface area contributed by atoms with Crippen LogP contribution in [0.25, 0.3) is 0 Å². The molecule has 36 N–H and O–H groups in total. The van der Waals surface area contributed by atoms with E-state index < -0.39 is 413 Å². The van der Waals surface area contributed by atoms with Crippen LogP contribution in [0.2, 0.25) is 0 Å². The summed E-state index contributed by atoms with van der Waals surface area (Å²) in [6, 6.07) is -10.9. The molecule has 0 aliphatic carbocycles. The number of ether oxygens (including phenoxy) is 15. The number of hydrogen-bond donors (Lipinski definition) is 36. The minimum Gasteiger partial charge on any atom is -0.477 e. The molecular formula is C70H113N5O55. The summed E-state index contributed by atoms with van der Waals surface area (Å²) in [6.45, 7) is -12.3. The Hall–Kier alpha value is -6.45. The van der Waals surface area contributed by atoms with E-state index in [1.54, 1.807) is 0 Å². The monoisotopic (exact) mass is 1900 g/mol. The average Bonchev–Trinajstić information content (AvgIpc) is 0.756. The zero-order valence-corrected chi connectivity index (χ0v) is 68.7. The van der Waals surface area contributed by atoms with Crippen LogP contribution in [0.5, 0.6) is 0 Å². The number of rotatable bonds is 41. The highest BCUT2D eigenvalue weighted by molar-refractivity contribution is 5.80. The summed E-state index contributed by atoms with van der Waals surface area (Å²) in [5, 5.41) is 356. The molecule has 60 nitrogen and oxygen atoms in total. The van der Waals surface area contributed by atoms with Crippen molar-refractivity contribution in [1.29, 1.82) is 0 Å². The van der Waals surface area contributed by atoms with Crippen molar-refractivity contribution in [3.05, 3.63) is 0 Å². The number of carboxylic acids is 4. The molecule has 60 heteroatoms. The van der Waals surface area contributed by atoms with E-state index in [1.807, 2.05) is 10.6 Å². The van der Waals surface area contributed by atoms with Crippen LogP contribution in [0.15, 0.2) is 0 Å². The van der Waals surface area contributed by atoms with Crippen molar-refractivity contribution in [3.63, 3.8) is 0 Å². The van der Waals surface area contributed by atoms with Crippen molar-refractivity contribution in [2.24, 2.45) is 0 Å². The van der Waals surface area contributed by atoms with E-state index in [0.717, 1.165) is 13.8 Å². The molecule has 748 valence electrons. The van der Waals surface area contributed by atoms with Gasteiger partial charge in [-0.2, -0.15) is 0 Å². The molecule has 0 aromatic rings. The van der Waals surface area contributed by atoms with Crippen LogP contribution in [0, 0.1) is 0 Å². The van der Waals surface area contributed by atoms with Crippen LogP contribution in [0.3, 0.4) is 0 Å². The number of carbonyl (C=O) groups excluding carboxylic acids is 5. The largest absolute Gasteiger partial charge is 0.477 e. The second-order valence-electron chi connectivity index (χ2n) is 31.8. The Morgan fingerprint density at radius 3 is 1.09 bits per heavy atom. The number of carbonyl (C=O) groups is 9. The molecule has 0 bridgehead atoms. The van der Waals surface area contributed by atoms with Crippen molar-refractivity contribution in [2.45, 2.75) is 314 Å². The van der Waals surface area contributed by atoms with Crippen LogP contribution in [0.1, 0.15) is 46.5 Å². The van der Waals surface area contributed by atoms with Gasteiger partial charge >= 0.3 is 23.9 Å². The molecule has 5 amide bonds. The third kappa shape index (κ3) is 23.8. The first-order chi connectivity index (χ1) is 60.9. The lowest BCUT2D eigenvalue weighted by Gasteiger charge is -2.53. The Morgan fingerprint density at radius 1 is 0.346 bits per heavy atom. The lowest BCUT2D eigenvalue weighted by atomic mass is 9.87. The highest BCUT2D eigenvalue weighted by Gasteiger charge is 2.67. The van der Waals surface area contributed by atoms with Gasteiger partial charge in [0.05, 0.1) is 101 Å². The van der Waals surface area contributed by atoms with Gasteiger partial charge in [-0.1, -0.05) is 0 Å². The lowest BCUT2D eigenvalue weighted by molar-refractivity contribution is -0.406. The predicted molar refractivity (Wildman–Crippen MR) is 394 cm³/mol. The van der Waals surface area contributed by atoms with Crippen molar-refractivity contribution < 1.29 is 273 Å². The molecule has 0 radical (unpaired) electrons. The topological polar surface area (TPSA) is 979 Å². The average molecular weight is 1900 g/mol. The zero-order valence-electron chi connectivity index (χ0n) is 68.7. The summed E-state index contributed by atoms with van der Waals surface area (Å²) in [5.41, 5.74) is 0. The number of aliphatic carboxylic acids is 4. The number of amides is 5. The molecule has 44 atom stereocenters. The van der Waals surface area contributed by atoms with E-state index in [2.05, 4.69) is 16.0 Å². The normalized spacial score (nSPS) is 42.0. The fourth-order valence-corrected chi connectivity index (χ4v) is 16.2. The van der Waals surface area contributed by atoms with E-state index in [4.69, 9.17) is 71.1 Å². The lowest BCUT2D eigenvalue weighted by Crippen LogP contribution is -2.73. The summed E-state index contributed by atoms with van der Waals surface area (Å²) in [7, 11) is 0. The molecule has 0 aromatic carbocycles. The van der Waals surface area contributed by atoms with Gasteiger partial charge < -0.3 is 256 Å². The van der Waals surface area contributed by atoms with Crippen molar-refractivity contribution in [1.82, 2.24) is 26.6 Å². The summed E-state index contributed by atoms with van der Waals surface area (Å²) in [6.07, 6.45) is -96.0. The van der Waals surface area contributed by atoms with E-state index in [0.29, 0.717) is 6.92 Å². The summed E-state index contributed by atoms with van der Waals surface area (Å²) in [4.78, 5) is 120. The quantitative estimate of drug-likeness (QED) is 0.0270. The molecule has 0 unspecified atom stereocenters. The second-order valence-corrected chi connectivity index (χ2v) is 31.8. The van der Waals surface area contributed by atoms with E-state index >= 15 is 0 Å². The van der Waals surface area contributed by atoms with Crippen LogP contribution in [-0.4, -0.2) is 546 Å². The zero-order chi connectivity index (χ0) is 97.3. The number of aliphatic hydroxyl groups excluding tert-OH is 27. The maximum atomic E-state index is 14.5. The van der Waals surface area contributed by atoms with Crippen LogP contribution in [-0.2, 0) is 114 Å². The number of carboxylic acid groups (broad SMARTS) is 4. The minimum absolute atomic E-state index is 0.686. The number of hydrogen-bond acceptors (Lipinski definition) is 51. The van der Waals surface area contributed by atoms with Gasteiger partial charge in [-0.25, -0.2) is 19.2 Å². The van der Waals surface area contributed by atoms with Crippen molar-refractivity contribution in [2.75, 3.05) is 66.1 Å². The van der Waals surface area contributed by atoms with Gasteiger partial charge in [0.1, 0.15) is 184 Å². The fourth-order valence-electron chi connectivity index (χ4n) is 16.2.